The number of anilines is 2. The first-order valence-electron chi connectivity index (χ1n) is 10.5. The van der Waals surface area contributed by atoms with Gasteiger partial charge in [0.2, 0.25) is 5.91 Å². The fraction of sp³-hybridized carbons (Fsp3) is 0.375. The quantitative estimate of drug-likeness (QED) is 0.769. The van der Waals surface area contributed by atoms with Gasteiger partial charge in [0.25, 0.3) is 11.8 Å². The highest BCUT2D eigenvalue weighted by Crippen LogP contribution is 2.34. The second kappa shape index (κ2) is 8.30. The predicted octanol–water partition coefficient (Wildman–Crippen LogP) is 3.79. The van der Waals surface area contributed by atoms with Gasteiger partial charge in [-0.3, -0.25) is 19.3 Å². The summed E-state index contributed by atoms with van der Waals surface area (Å²) >= 11 is 0. The first kappa shape index (κ1) is 20.1. The Kier molecular flexibility index (Phi) is 5.57. The largest absolute Gasteiger partial charge is 0.378 e. The lowest BCUT2D eigenvalue weighted by Crippen LogP contribution is -2.41. The maximum Gasteiger partial charge on any atom is 0.261 e. The van der Waals surface area contributed by atoms with Gasteiger partial charge in [-0.25, -0.2) is 0 Å². The number of carbonyl (C=O) groups is 3. The SMILES string of the molecule is CN(C)c1cccc(NC(=O)C2CCCCC2CN2C(=O)c3ccccc3C2=O)c1. The lowest BCUT2D eigenvalue weighted by molar-refractivity contribution is -0.122. The Labute approximate surface area is 176 Å². The van der Waals surface area contributed by atoms with Gasteiger partial charge in [0, 0.05) is 37.9 Å². The standard InChI is InChI=1S/C24H27N3O3/c1-26(2)18-10-7-9-17(14-18)25-22(28)19-11-4-3-8-16(19)15-27-23(29)20-12-5-6-13-21(20)24(27)30/h5-7,9-10,12-14,16,19H,3-4,8,11,15H2,1-2H3,(H,25,28). The highest BCUT2D eigenvalue weighted by Gasteiger charge is 2.40. The zero-order valence-corrected chi connectivity index (χ0v) is 17.4. The molecule has 2 unspecified atom stereocenters. The molecule has 1 aliphatic heterocycles. The van der Waals surface area contributed by atoms with Crippen LogP contribution in [0.3, 0.4) is 0 Å². The molecule has 1 N–H and O–H groups in total. The fourth-order valence-electron chi connectivity index (χ4n) is 4.51. The van der Waals surface area contributed by atoms with E-state index < -0.39 is 0 Å². The molecule has 0 bridgehead atoms. The first-order valence-corrected chi connectivity index (χ1v) is 10.5. The summed E-state index contributed by atoms with van der Waals surface area (Å²) in [5.74, 6) is -0.783. The van der Waals surface area contributed by atoms with E-state index in [9.17, 15) is 14.4 Å². The smallest absolute Gasteiger partial charge is 0.261 e. The average Bonchev–Trinajstić information content (AvgIpc) is 2.99. The van der Waals surface area contributed by atoms with Crippen molar-refractivity contribution < 1.29 is 14.4 Å². The minimum atomic E-state index is -0.251. The number of benzene rings is 2. The van der Waals surface area contributed by atoms with Gasteiger partial charge < -0.3 is 10.2 Å². The lowest BCUT2D eigenvalue weighted by Gasteiger charge is -2.32. The van der Waals surface area contributed by atoms with E-state index in [4.69, 9.17) is 0 Å². The number of fused-ring (bicyclic) bond motifs is 1. The van der Waals surface area contributed by atoms with Gasteiger partial charge in [0.15, 0.2) is 0 Å². The van der Waals surface area contributed by atoms with Crippen LogP contribution in [0.25, 0.3) is 0 Å². The van der Waals surface area contributed by atoms with E-state index in [0.717, 1.165) is 37.1 Å². The zero-order chi connectivity index (χ0) is 21.3. The van der Waals surface area contributed by atoms with Crippen LogP contribution in [0.2, 0.25) is 0 Å². The Morgan fingerprint density at radius 1 is 1.00 bits per heavy atom. The zero-order valence-electron chi connectivity index (χ0n) is 17.4. The summed E-state index contributed by atoms with van der Waals surface area (Å²) in [6.45, 7) is 0.294. The van der Waals surface area contributed by atoms with Crippen LogP contribution in [0.4, 0.5) is 11.4 Å². The van der Waals surface area contributed by atoms with Crippen molar-refractivity contribution in [3.8, 4) is 0 Å². The van der Waals surface area contributed by atoms with Crippen molar-refractivity contribution in [3.05, 3.63) is 59.7 Å². The van der Waals surface area contributed by atoms with Gasteiger partial charge in [0.1, 0.15) is 0 Å². The van der Waals surface area contributed by atoms with Crippen molar-refractivity contribution in [1.82, 2.24) is 4.90 Å². The van der Waals surface area contributed by atoms with Gasteiger partial charge in [-0.15, -0.1) is 0 Å². The van der Waals surface area contributed by atoms with Crippen LogP contribution in [-0.4, -0.2) is 43.3 Å². The maximum atomic E-state index is 13.1. The Bertz CT molecular complexity index is 950. The summed E-state index contributed by atoms with van der Waals surface area (Å²) in [7, 11) is 3.92. The first-order chi connectivity index (χ1) is 14.5. The normalized spacial score (nSPS) is 20.8. The van der Waals surface area contributed by atoms with E-state index in [1.165, 1.54) is 4.90 Å². The maximum absolute atomic E-state index is 13.1. The van der Waals surface area contributed by atoms with E-state index in [1.807, 2.05) is 43.3 Å². The number of imide groups is 1. The molecule has 0 aromatic heterocycles. The monoisotopic (exact) mass is 405 g/mol. The predicted molar refractivity (Wildman–Crippen MR) is 117 cm³/mol. The Morgan fingerprint density at radius 3 is 2.33 bits per heavy atom. The van der Waals surface area contributed by atoms with E-state index in [0.29, 0.717) is 17.7 Å². The minimum Gasteiger partial charge on any atom is -0.378 e. The van der Waals surface area contributed by atoms with Crippen molar-refractivity contribution >= 4 is 29.1 Å². The van der Waals surface area contributed by atoms with E-state index in [2.05, 4.69) is 5.32 Å². The molecular weight excluding hydrogens is 378 g/mol. The van der Waals surface area contributed by atoms with Crippen LogP contribution in [0.1, 0.15) is 46.4 Å². The van der Waals surface area contributed by atoms with Gasteiger partial charge in [-0.05, 0) is 49.1 Å². The Balaban J connectivity index is 1.48. The number of rotatable bonds is 5. The summed E-state index contributed by atoms with van der Waals surface area (Å²) in [5, 5.41) is 3.05. The van der Waals surface area contributed by atoms with Crippen LogP contribution < -0.4 is 10.2 Å². The number of nitrogens with zero attached hydrogens (tertiary/aromatic N) is 2. The van der Waals surface area contributed by atoms with Crippen LogP contribution in [0, 0.1) is 11.8 Å². The topological polar surface area (TPSA) is 69.7 Å². The molecule has 1 aliphatic carbocycles. The van der Waals surface area contributed by atoms with E-state index >= 15 is 0 Å². The molecule has 3 amide bonds. The van der Waals surface area contributed by atoms with Crippen LogP contribution in [0.15, 0.2) is 48.5 Å². The molecule has 0 radical (unpaired) electrons. The molecule has 2 aliphatic rings. The molecule has 1 heterocycles. The molecule has 1 fully saturated rings. The van der Waals surface area contributed by atoms with Gasteiger partial charge in [-0.1, -0.05) is 31.0 Å². The third kappa shape index (κ3) is 3.82. The van der Waals surface area contributed by atoms with Gasteiger partial charge in [0.05, 0.1) is 11.1 Å². The van der Waals surface area contributed by atoms with Crippen LogP contribution >= 0.6 is 0 Å². The summed E-state index contributed by atoms with van der Waals surface area (Å²) in [6.07, 6.45) is 3.60. The molecule has 30 heavy (non-hydrogen) atoms. The molecule has 2 atom stereocenters. The molecule has 0 saturated heterocycles. The highest BCUT2D eigenvalue weighted by molar-refractivity contribution is 6.21. The Hall–Kier alpha value is -3.15. The second-order valence-electron chi connectivity index (χ2n) is 8.35. The van der Waals surface area contributed by atoms with E-state index in [-0.39, 0.29) is 29.6 Å². The molecule has 4 rings (SSSR count). The van der Waals surface area contributed by atoms with E-state index in [1.54, 1.807) is 24.3 Å². The molecule has 2 aromatic rings. The molecule has 6 heteroatoms. The fourth-order valence-corrected chi connectivity index (χ4v) is 4.51. The Morgan fingerprint density at radius 2 is 1.67 bits per heavy atom. The summed E-state index contributed by atoms with van der Waals surface area (Å²) in [5.41, 5.74) is 2.69. The summed E-state index contributed by atoms with van der Waals surface area (Å²) in [6, 6.07) is 14.7. The molecule has 6 nitrogen and oxygen atoms in total. The molecular formula is C24H27N3O3. The van der Waals surface area contributed by atoms with Crippen molar-refractivity contribution in [2.45, 2.75) is 25.7 Å². The number of amides is 3. The third-order valence-electron chi connectivity index (χ3n) is 6.17. The molecule has 2 aromatic carbocycles. The molecule has 156 valence electrons. The van der Waals surface area contributed by atoms with Gasteiger partial charge >= 0.3 is 0 Å². The number of hydrogen-bond acceptors (Lipinski definition) is 4. The summed E-state index contributed by atoms with van der Waals surface area (Å²) in [4.78, 5) is 41.9. The lowest BCUT2D eigenvalue weighted by atomic mass is 9.78. The van der Waals surface area contributed by atoms with Crippen molar-refractivity contribution in [2.75, 3.05) is 30.9 Å². The van der Waals surface area contributed by atoms with Gasteiger partial charge in [-0.2, -0.15) is 0 Å². The minimum absolute atomic E-state index is 0.0296. The second-order valence-corrected chi connectivity index (χ2v) is 8.35. The number of carbonyl (C=O) groups excluding carboxylic acids is 3. The van der Waals surface area contributed by atoms with Crippen molar-refractivity contribution in [3.63, 3.8) is 0 Å². The molecule has 1 saturated carbocycles. The summed E-state index contributed by atoms with van der Waals surface area (Å²) < 4.78 is 0. The molecule has 0 spiro atoms. The van der Waals surface area contributed by atoms with Crippen molar-refractivity contribution in [1.29, 1.82) is 0 Å². The average molecular weight is 405 g/mol. The van der Waals surface area contributed by atoms with Crippen molar-refractivity contribution in [2.24, 2.45) is 11.8 Å². The number of hydrogen-bond donors (Lipinski definition) is 1. The third-order valence-corrected chi connectivity index (χ3v) is 6.17. The van der Waals surface area contributed by atoms with Crippen LogP contribution in [-0.2, 0) is 4.79 Å². The highest BCUT2D eigenvalue weighted by atomic mass is 16.2. The van der Waals surface area contributed by atoms with Crippen LogP contribution in [0.5, 0.6) is 0 Å². The number of nitrogens with one attached hydrogen (secondary N) is 1.